The number of carbonyl (C=O) groups excluding carboxylic acids is 2. The van der Waals surface area contributed by atoms with Crippen LogP contribution in [0.5, 0.6) is 0 Å². The van der Waals surface area contributed by atoms with E-state index in [0.29, 0.717) is 27.6 Å². The number of amides is 2. The minimum atomic E-state index is -0.410. The summed E-state index contributed by atoms with van der Waals surface area (Å²) >= 11 is 2.19. The van der Waals surface area contributed by atoms with Gasteiger partial charge in [-0.1, -0.05) is 48.2 Å². The Hall–Kier alpha value is -3.89. The lowest BCUT2D eigenvalue weighted by Crippen LogP contribution is -2.31. The molecule has 2 heterocycles. The van der Waals surface area contributed by atoms with Crippen LogP contribution in [0.4, 0.5) is 15.8 Å². The third-order valence-corrected chi connectivity index (χ3v) is 6.39. The van der Waals surface area contributed by atoms with Crippen molar-refractivity contribution in [3.63, 3.8) is 0 Å². The first kappa shape index (κ1) is 21.9. The number of aromatic nitrogens is 2. The number of aliphatic imine (C=N–C) groups is 1. The zero-order chi connectivity index (χ0) is 23.5. The van der Waals surface area contributed by atoms with Gasteiger partial charge in [0, 0.05) is 0 Å². The lowest BCUT2D eigenvalue weighted by atomic mass is 10.2. The van der Waals surface area contributed by atoms with Crippen LogP contribution in [0.25, 0.3) is 17.1 Å². The molecule has 0 radical (unpaired) electrons. The second-order valence-electron chi connectivity index (χ2n) is 7.23. The molecule has 1 N–H and O–H groups in total. The summed E-state index contributed by atoms with van der Waals surface area (Å²) in [5, 5.41) is 3.18. The molecule has 1 aliphatic heterocycles. The van der Waals surface area contributed by atoms with Crippen LogP contribution in [-0.2, 0) is 9.59 Å². The van der Waals surface area contributed by atoms with Crippen molar-refractivity contribution in [2.24, 2.45) is 4.99 Å². The fourth-order valence-corrected chi connectivity index (χ4v) is 4.70. The zero-order valence-corrected chi connectivity index (χ0v) is 19.1. The van der Waals surface area contributed by atoms with E-state index in [1.54, 1.807) is 18.2 Å². The number of carbonyl (C=O) groups is 2. The fraction of sp³-hybridized carbons (Fsp3) is 0.0417. The Morgan fingerprint density at radius 1 is 1.03 bits per heavy atom. The molecule has 0 fully saturated rings. The zero-order valence-electron chi connectivity index (χ0n) is 17.5. The van der Waals surface area contributed by atoms with Crippen LogP contribution in [0.3, 0.4) is 0 Å². The van der Waals surface area contributed by atoms with Crippen molar-refractivity contribution in [3.8, 4) is 0 Å². The molecule has 168 valence electrons. The molecule has 10 heteroatoms. The van der Waals surface area contributed by atoms with Crippen molar-refractivity contribution in [3.05, 3.63) is 89.9 Å². The van der Waals surface area contributed by atoms with Crippen molar-refractivity contribution in [1.29, 1.82) is 0 Å². The van der Waals surface area contributed by atoms with Gasteiger partial charge in [0.2, 0.25) is 5.91 Å². The van der Waals surface area contributed by atoms with E-state index in [4.69, 9.17) is 0 Å². The fourth-order valence-electron chi connectivity index (χ4n) is 3.34. The molecule has 0 atom stereocenters. The van der Waals surface area contributed by atoms with Gasteiger partial charge < -0.3 is 5.32 Å². The molecule has 1 aromatic heterocycles. The molecule has 1 aliphatic rings. The number of thioether (sulfide) groups is 1. The quantitative estimate of drug-likeness (QED) is 0.401. The predicted octanol–water partition coefficient (Wildman–Crippen LogP) is 4.95. The summed E-state index contributed by atoms with van der Waals surface area (Å²) in [4.78, 5) is 31.7. The normalized spacial score (nSPS) is 14.6. The molecular formula is C24H16FN5O2S2. The summed E-state index contributed by atoms with van der Waals surface area (Å²) in [5.74, 6) is -1.03. The Balaban J connectivity index is 1.38. The summed E-state index contributed by atoms with van der Waals surface area (Å²) in [6.07, 6.45) is 1.68. The van der Waals surface area contributed by atoms with Gasteiger partial charge in [0.15, 0.2) is 5.17 Å². The third-order valence-electron chi connectivity index (χ3n) is 4.91. The highest BCUT2D eigenvalue weighted by Crippen LogP contribution is 2.30. The third kappa shape index (κ3) is 4.59. The van der Waals surface area contributed by atoms with Crippen LogP contribution in [0.15, 0.2) is 83.5 Å². The van der Waals surface area contributed by atoms with Crippen molar-refractivity contribution in [2.45, 2.75) is 0 Å². The molecule has 5 rings (SSSR count). The maximum atomic E-state index is 13.5. The highest BCUT2D eigenvalue weighted by Gasteiger charge is 2.32. The van der Waals surface area contributed by atoms with Gasteiger partial charge in [-0.3, -0.25) is 14.5 Å². The maximum absolute atomic E-state index is 13.5. The first-order valence-corrected chi connectivity index (χ1v) is 11.9. The molecule has 0 bridgehead atoms. The number of hydrogen-bond acceptors (Lipinski definition) is 7. The Morgan fingerprint density at radius 3 is 2.62 bits per heavy atom. The van der Waals surface area contributed by atoms with Gasteiger partial charge in [-0.05, 0) is 48.0 Å². The van der Waals surface area contributed by atoms with Crippen LogP contribution in [0.1, 0.15) is 5.56 Å². The Kier molecular flexibility index (Phi) is 6.15. The molecule has 0 spiro atoms. The van der Waals surface area contributed by atoms with Crippen molar-refractivity contribution in [1.82, 2.24) is 8.75 Å². The molecular weight excluding hydrogens is 473 g/mol. The van der Waals surface area contributed by atoms with Crippen molar-refractivity contribution >= 4 is 69.0 Å². The lowest BCUT2D eigenvalue weighted by molar-refractivity contribution is -0.114. The average Bonchev–Trinajstić information content (AvgIpc) is 3.45. The number of fused-ring (bicyclic) bond motifs is 1. The summed E-state index contributed by atoms with van der Waals surface area (Å²) < 4.78 is 21.9. The van der Waals surface area contributed by atoms with E-state index < -0.39 is 5.82 Å². The standard InChI is InChI=1S/C24H16FN5O2S2/c25-16-9-11-17(12-10-16)30-23(32)20(13-15-5-2-1-3-6-15)27-24(30)33-14-21(31)26-18-7-4-8-19-22(18)29-34-28-19/h1-13H,14H2,(H,26,31). The SMILES string of the molecule is O=C(CSC1=NC(=Cc2ccccc2)C(=O)N1c1ccc(F)cc1)Nc1cccc2nsnc12. The van der Waals surface area contributed by atoms with E-state index >= 15 is 0 Å². The van der Waals surface area contributed by atoms with Gasteiger partial charge in [0.25, 0.3) is 5.91 Å². The van der Waals surface area contributed by atoms with Crippen LogP contribution in [-0.4, -0.2) is 31.5 Å². The number of halogens is 1. The average molecular weight is 490 g/mol. The summed E-state index contributed by atoms with van der Waals surface area (Å²) in [5.41, 5.74) is 3.42. The number of rotatable bonds is 5. The van der Waals surface area contributed by atoms with Gasteiger partial charge >= 0.3 is 0 Å². The number of anilines is 2. The molecule has 0 saturated heterocycles. The highest BCUT2D eigenvalue weighted by molar-refractivity contribution is 8.14. The second-order valence-corrected chi connectivity index (χ2v) is 8.70. The number of amidine groups is 1. The first-order valence-electron chi connectivity index (χ1n) is 10.2. The number of hydrogen-bond donors (Lipinski definition) is 1. The molecule has 3 aromatic carbocycles. The van der Waals surface area contributed by atoms with Gasteiger partial charge in [-0.2, -0.15) is 8.75 Å². The molecule has 7 nitrogen and oxygen atoms in total. The molecule has 0 unspecified atom stereocenters. The van der Waals surface area contributed by atoms with E-state index in [9.17, 15) is 14.0 Å². The number of nitrogens with zero attached hydrogens (tertiary/aromatic N) is 4. The number of benzene rings is 3. The molecule has 0 aliphatic carbocycles. The molecule has 2 amide bonds. The predicted molar refractivity (Wildman–Crippen MR) is 134 cm³/mol. The van der Waals surface area contributed by atoms with Gasteiger partial charge in [0.05, 0.1) is 28.9 Å². The molecule has 34 heavy (non-hydrogen) atoms. The van der Waals surface area contributed by atoms with Gasteiger partial charge in [-0.25, -0.2) is 9.38 Å². The van der Waals surface area contributed by atoms with Crippen LogP contribution in [0.2, 0.25) is 0 Å². The minimum absolute atomic E-state index is 0.0103. The Labute approximate surface area is 202 Å². The summed E-state index contributed by atoms with van der Waals surface area (Å²) in [6.45, 7) is 0. The number of nitrogens with one attached hydrogen (secondary N) is 1. The minimum Gasteiger partial charge on any atom is -0.323 e. The van der Waals surface area contributed by atoms with Crippen LogP contribution < -0.4 is 10.2 Å². The lowest BCUT2D eigenvalue weighted by Gasteiger charge is -2.17. The van der Waals surface area contributed by atoms with E-state index in [0.717, 1.165) is 29.1 Å². The Morgan fingerprint density at radius 2 is 1.82 bits per heavy atom. The summed E-state index contributed by atoms with van der Waals surface area (Å²) in [6, 6.07) is 20.3. The maximum Gasteiger partial charge on any atom is 0.283 e. The van der Waals surface area contributed by atoms with E-state index in [1.807, 2.05) is 36.4 Å². The monoisotopic (exact) mass is 489 g/mol. The van der Waals surface area contributed by atoms with E-state index in [1.165, 1.54) is 29.2 Å². The molecule has 4 aromatic rings. The summed E-state index contributed by atoms with van der Waals surface area (Å²) in [7, 11) is 0. The second kappa shape index (κ2) is 9.54. The van der Waals surface area contributed by atoms with E-state index in [2.05, 4.69) is 19.1 Å². The smallest absolute Gasteiger partial charge is 0.283 e. The van der Waals surface area contributed by atoms with Crippen molar-refractivity contribution in [2.75, 3.05) is 16.0 Å². The van der Waals surface area contributed by atoms with Gasteiger partial charge in [-0.15, -0.1) is 0 Å². The van der Waals surface area contributed by atoms with Crippen LogP contribution in [0, 0.1) is 5.82 Å². The van der Waals surface area contributed by atoms with Crippen molar-refractivity contribution < 1.29 is 14.0 Å². The van der Waals surface area contributed by atoms with E-state index in [-0.39, 0.29) is 23.3 Å². The highest BCUT2D eigenvalue weighted by atomic mass is 32.2. The Bertz CT molecular complexity index is 1430. The molecule has 0 saturated carbocycles. The largest absolute Gasteiger partial charge is 0.323 e. The van der Waals surface area contributed by atoms with Gasteiger partial charge in [0.1, 0.15) is 22.5 Å². The van der Waals surface area contributed by atoms with Crippen LogP contribution >= 0.6 is 23.5 Å². The first-order chi connectivity index (χ1) is 16.6. The topological polar surface area (TPSA) is 87.5 Å².